The van der Waals surface area contributed by atoms with Gasteiger partial charge < -0.3 is 16.5 Å². The molecule has 0 amide bonds. The summed E-state index contributed by atoms with van der Waals surface area (Å²) in [5, 5.41) is 17.3. The molecule has 3 aromatic rings. The molecule has 1 atom stereocenters. The Bertz CT molecular complexity index is 1410. The summed E-state index contributed by atoms with van der Waals surface area (Å²) in [5.41, 5.74) is 13.0. The number of allylic oxidation sites excluding steroid dienone is 1. The van der Waals surface area contributed by atoms with Crippen LogP contribution in [0.15, 0.2) is 58.4 Å². The molecule has 1 unspecified atom stereocenters. The van der Waals surface area contributed by atoms with E-state index in [9.17, 15) is 22.8 Å². The van der Waals surface area contributed by atoms with Gasteiger partial charge in [-0.3, -0.25) is 10.4 Å². The van der Waals surface area contributed by atoms with E-state index >= 15 is 0 Å². The summed E-state index contributed by atoms with van der Waals surface area (Å²) in [4.78, 5) is 17.6. The molecular weight excluding hydrogens is 490 g/mol. The Balaban J connectivity index is 2.19. The molecule has 0 aliphatic rings. The number of nitrogens with one attached hydrogen (secondary N) is 2. The smallest absolute Gasteiger partial charge is 0.404 e. The molecule has 0 radical (unpaired) electrons. The zero-order valence-corrected chi connectivity index (χ0v) is 19.4. The van der Waals surface area contributed by atoms with Gasteiger partial charge in [0.25, 0.3) is 0 Å². The maximum absolute atomic E-state index is 14.0. The molecule has 6 N–H and O–H groups in total. The topological polar surface area (TPSA) is 166 Å². The minimum Gasteiger partial charge on any atom is -0.404 e. The number of nitrogens with zero attached hydrogens (tertiary/aromatic N) is 5. The van der Waals surface area contributed by atoms with Crippen molar-refractivity contribution in [1.29, 1.82) is 10.7 Å². The van der Waals surface area contributed by atoms with Crippen LogP contribution in [-0.2, 0) is 6.18 Å². The molecule has 0 aliphatic heterocycles. The molecule has 1 aromatic carbocycles. The SMILES string of the molecule is CCC(C(C=Nc1ccccc1F)=CN)c1[nH]c(C(N)=NC=N)c(-c2cnc(C(F)(F)F)nc2)c1C#N. The van der Waals surface area contributed by atoms with Crippen LogP contribution in [0.2, 0.25) is 0 Å². The van der Waals surface area contributed by atoms with Crippen molar-refractivity contribution in [3.05, 3.63) is 77.0 Å². The molecule has 0 saturated heterocycles. The first-order valence-corrected chi connectivity index (χ1v) is 10.7. The van der Waals surface area contributed by atoms with Crippen LogP contribution < -0.4 is 11.5 Å². The highest BCUT2D eigenvalue weighted by atomic mass is 19.4. The Kier molecular flexibility index (Phi) is 8.13. The average molecular weight is 511 g/mol. The molecule has 0 fully saturated rings. The van der Waals surface area contributed by atoms with E-state index in [0.29, 0.717) is 24.0 Å². The van der Waals surface area contributed by atoms with E-state index in [0.717, 1.165) is 12.4 Å². The molecule has 0 spiro atoms. The van der Waals surface area contributed by atoms with E-state index in [4.69, 9.17) is 16.9 Å². The number of nitrogens with two attached hydrogens (primary N) is 2. The zero-order chi connectivity index (χ0) is 27.2. The monoisotopic (exact) mass is 511 g/mol. The summed E-state index contributed by atoms with van der Waals surface area (Å²) >= 11 is 0. The summed E-state index contributed by atoms with van der Waals surface area (Å²) in [6.07, 6.45) is 0.787. The first-order chi connectivity index (χ1) is 17.7. The Labute approximate surface area is 208 Å². The number of aromatic nitrogens is 3. The molecule has 0 saturated carbocycles. The number of H-pyrrole nitrogens is 1. The third-order valence-corrected chi connectivity index (χ3v) is 5.35. The van der Waals surface area contributed by atoms with E-state index in [1.807, 2.05) is 6.92 Å². The largest absolute Gasteiger partial charge is 0.451 e. The standard InChI is InChI=1S/C24H21F4N9/c1-2-15(13(7-29)9-33-18-6-4-3-5-17(18)25)20-16(8-30)19(21(37-20)22(32)36-12-31)14-10-34-23(35-11-14)24(26,27)28/h3-7,9-12,15,37H,2,29H2,1H3,(H3,31,32,36). The van der Waals surface area contributed by atoms with Crippen LogP contribution in [0.1, 0.15) is 42.0 Å². The third-order valence-electron chi connectivity index (χ3n) is 5.35. The van der Waals surface area contributed by atoms with Gasteiger partial charge in [0.05, 0.1) is 16.9 Å². The molecule has 2 aromatic heterocycles. The minimum absolute atomic E-state index is 0.0342. The fraction of sp³-hybridized carbons (Fsp3) is 0.167. The van der Waals surface area contributed by atoms with Crippen LogP contribution in [0.4, 0.5) is 23.2 Å². The predicted molar refractivity (Wildman–Crippen MR) is 131 cm³/mol. The second-order valence-electron chi connectivity index (χ2n) is 7.55. The average Bonchev–Trinajstić information content (AvgIpc) is 3.26. The van der Waals surface area contributed by atoms with E-state index < -0.39 is 23.7 Å². The molecule has 0 aliphatic carbocycles. The predicted octanol–water partition coefficient (Wildman–Crippen LogP) is 4.55. The summed E-state index contributed by atoms with van der Waals surface area (Å²) in [6.45, 7) is 1.81. The van der Waals surface area contributed by atoms with Crippen molar-refractivity contribution in [2.45, 2.75) is 25.4 Å². The molecule has 0 bridgehead atoms. The van der Waals surface area contributed by atoms with Gasteiger partial charge in [-0.05, 0) is 30.3 Å². The number of aliphatic imine (C=N–C) groups is 2. The number of hydrogen-bond donors (Lipinski definition) is 4. The van der Waals surface area contributed by atoms with E-state index in [1.165, 1.54) is 30.6 Å². The van der Waals surface area contributed by atoms with Crippen LogP contribution in [0, 0.1) is 22.6 Å². The lowest BCUT2D eigenvalue weighted by molar-refractivity contribution is -0.144. The molecule has 2 heterocycles. The molecule has 9 nitrogen and oxygen atoms in total. The maximum Gasteiger partial charge on any atom is 0.451 e. The van der Waals surface area contributed by atoms with Crippen LogP contribution >= 0.6 is 0 Å². The normalized spacial score (nSPS) is 13.5. The van der Waals surface area contributed by atoms with Crippen LogP contribution in [0.3, 0.4) is 0 Å². The lowest BCUT2D eigenvalue weighted by Gasteiger charge is -2.15. The van der Waals surface area contributed by atoms with E-state index in [-0.39, 0.29) is 33.9 Å². The van der Waals surface area contributed by atoms with Gasteiger partial charge in [0.2, 0.25) is 5.82 Å². The fourth-order valence-corrected chi connectivity index (χ4v) is 3.67. The zero-order valence-electron chi connectivity index (χ0n) is 19.4. The Hall–Kier alpha value is -4.86. The first-order valence-electron chi connectivity index (χ1n) is 10.7. The first kappa shape index (κ1) is 26.7. The van der Waals surface area contributed by atoms with Gasteiger partial charge >= 0.3 is 6.18 Å². The van der Waals surface area contributed by atoms with Gasteiger partial charge in [-0.15, -0.1) is 0 Å². The van der Waals surface area contributed by atoms with Crippen molar-refractivity contribution in [2.24, 2.45) is 21.5 Å². The Morgan fingerprint density at radius 2 is 1.95 bits per heavy atom. The number of alkyl halides is 3. The summed E-state index contributed by atoms with van der Waals surface area (Å²) in [5.74, 6) is -2.66. The van der Waals surface area contributed by atoms with E-state index in [1.54, 1.807) is 6.07 Å². The highest BCUT2D eigenvalue weighted by Gasteiger charge is 2.35. The van der Waals surface area contributed by atoms with Crippen molar-refractivity contribution in [3.63, 3.8) is 0 Å². The molecule has 37 heavy (non-hydrogen) atoms. The third kappa shape index (κ3) is 5.69. The number of halogens is 4. The molecular formula is C24H21F4N9. The quantitative estimate of drug-likeness (QED) is 0.197. The highest BCUT2D eigenvalue weighted by Crippen LogP contribution is 2.37. The van der Waals surface area contributed by atoms with Gasteiger partial charge in [0.15, 0.2) is 0 Å². The summed E-state index contributed by atoms with van der Waals surface area (Å²) in [7, 11) is 0. The fourth-order valence-electron chi connectivity index (χ4n) is 3.67. The van der Waals surface area contributed by atoms with Crippen molar-refractivity contribution >= 4 is 24.1 Å². The van der Waals surface area contributed by atoms with Gasteiger partial charge in [0, 0.05) is 41.3 Å². The lowest BCUT2D eigenvalue weighted by atomic mass is 9.90. The Morgan fingerprint density at radius 3 is 2.49 bits per heavy atom. The number of para-hydroxylation sites is 1. The number of nitriles is 1. The van der Waals surface area contributed by atoms with Crippen molar-refractivity contribution in [1.82, 2.24) is 15.0 Å². The summed E-state index contributed by atoms with van der Waals surface area (Å²) < 4.78 is 53.0. The summed E-state index contributed by atoms with van der Waals surface area (Å²) in [6, 6.07) is 7.93. The van der Waals surface area contributed by atoms with Gasteiger partial charge in [0.1, 0.15) is 24.1 Å². The van der Waals surface area contributed by atoms with Crippen LogP contribution in [0.25, 0.3) is 11.1 Å². The molecule has 13 heteroatoms. The number of rotatable bonds is 8. The van der Waals surface area contributed by atoms with Crippen molar-refractivity contribution < 1.29 is 17.6 Å². The van der Waals surface area contributed by atoms with Gasteiger partial charge in [-0.2, -0.15) is 18.4 Å². The number of benzene rings is 1. The van der Waals surface area contributed by atoms with Gasteiger partial charge in [-0.25, -0.2) is 19.4 Å². The van der Waals surface area contributed by atoms with Crippen LogP contribution in [0.5, 0.6) is 0 Å². The molecule has 3 rings (SSSR count). The van der Waals surface area contributed by atoms with Gasteiger partial charge in [-0.1, -0.05) is 19.1 Å². The van der Waals surface area contributed by atoms with E-state index in [2.05, 4.69) is 31.0 Å². The number of amidine groups is 1. The van der Waals surface area contributed by atoms with Crippen molar-refractivity contribution in [3.8, 4) is 17.2 Å². The second-order valence-corrected chi connectivity index (χ2v) is 7.55. The maximum atomic E-state index is 14.0. The van der Waals surface area contributed by atoms with Crippen molar-refractivity contribution in [2.75, 3.05) is 0 Å². The minimum atomic E-state index is -4.75. The highest BCUT2D eigenvalue weighted by molar-refractivity contribution is 6.06. The Morgan fingerprint density at radius 1 is 1.27 bits per heavy atom. The molecule has 190 valence electrons. The van der Waals surface area contributed by atoms with Crippen LogP contribution in [-0.4, -0.2) is 33.3 Å². The number of aromatic amines is 1. The number of hydrogen-bond acceptors (Lipinski definition) is 6. The lowest BCUT2D eigenvalue weighted by Crippen LogP contribution is -2.16. The second kappa shape index (κ2) is 11.3.